The van der Waals surface area contributed by atoms with Gasteiger partial charge in [-0.3, -0.25) is 9.59 Å². The summed E-state index contributed by atoms with van der Waals surface area (Å²) in [4.78, 5) is 24.3. The minimum absolute atomic E-state index is 0. The third-order valence-corrected chi connectivity index (χ3v) is 3.82. The van der Waals surface area contributed by atoms with E-state index in [1.807, 2.05) is 51.1 Å². The van der Waals surface area contributed by atoms with Gasteiger partial charge in [-0.15, -0.1) is 12.4 Å². The normalized spacial score (nSPS) is 11.4. The predicted molar refractivity (Wildman–Crippen MR) is 108 cm³/mol. The lowest BCUT2D eigenvalue weighted by Gasteiger charge is -2.14. The molecule has 0 radical (unpaired) electrons. The molecule has 6 heteroatoms. The Morgan fingerprint density at radius 2 is 1.73 bits per heavy atom. The van der Waals surface area contributed by atoms with Crippen LogP contribution in [0.4, 0.5) is 5.69 Å². The molecule has 0 aliphatic rings. The van der Waals surface area contributed by atoms with Crippen LogP contribution in [-0.4, -0.2) is 17.9 Å². The van der Waals surface area contributed by atoms with Crippen molar-refractivity contribution in [3.63, 3.8) is 0 Å². The zero-order valence-corrected chi connectivity index (χ0v) is 16.1. The van der Waals surface area contributed by atoms with Crippen LogP contribution in [0.3, 0.4) is 0 Å². The van der Waals surface area contributed by atoms with Crippen molar-refractivity contribution < 1.29 is 9.59 Å². The molecule has 1 atom stereocenters. The van der Waals surface area contributed by atoms with Crippen LogP contribution in [0.2, 0.25) is 0 Å². The van der Waals surface area contributed by atoms with Crippen LogP contribution in [0.5, 0.6) is 0 Å². The fourth-order valence-corrected chi connectivity index (χ4v) is 2.51. The molecule has 0 spiro atoms. The molecule has 5 nitrogen and oxygen atoms in total. The Labute approximate surface area is 160 Å². The van der Waals surface area contributed by atoms with Gasteiger partial charge in [0.15, 0.2) is 0 Å². The highest BCUT2D eigenvalue weighted by Crippen LogP contribution is 2.19. The average molecular weight is 376 g/mol. The SMILES string of the molecule is Cc1cc(C(=O)NC(C)C)ccc1NC(=O)CC(N)c1ccccc1.Cl. The van der Waals surface area contributed by atoms with Crippen molar-refractivity contribution in [2.45, 2.75) is 39.3 Å². The molecule has 140 valence electrons. The van der Waals surface area contributed by atoms with Crippen molar-refractivity contribution in [1.82, 2.24) is 5.32 Å². The molecule has 0 aromatic heterocycles. The summed E-state index contributed by atoms with van der Waals surface area (Å²) in [6.45, 7) is 5.68. The largest absolute Gasteiger partial charge is 0.350 e. The van der Waals surface area contributed by atoms with Gasteiger partial charge in [-0.2, -0.15) is 0 Å². The first-order chi connectivity index (χ1) is 11.9. The number of nitrogens with two attached hydrogens (primary N) is 1. The highest BCUT2D eigenvalue weighted by molar-refractivity contribution is 5.96. The van der Waals surface area contributed by atoms with Crippen molar-refractivity contribution in [2.24, 2.45) is 5.73 Å². The van der Waals surface area contributed by atoms with Crippen LogP contribution in [0.15, 0.2) is 48.5 Å². The summed E-state index contributed by atoms with van der Waals surface area (Å²) in [5.41, 5.74) is 9.10. The maximum absolute atomic E-state index is 12.2. The second-order valence-electron chi connectivity index (χ2n) is 6.43. The van der Waals surface area contributed by atoms with Crippen molar-refractivity contribution in [3.8, 4) is 0 Å². The molecule has 0 bridgehead atoms. The lowest BCUT2D eigenvalue weighted by Crippen LogP contribution is -2.30. The van der Waals surface area contributed by atoms with Gasteiger partial charge in [0.05, 0.1) is 0 Å². The number of amides is 2. The molecule has 0 fully saturated rings. The fraction of sp³-hybridized carbons (Fsp3) is 0.300. The third-order valence-electron chi connectivity index (χ3n) is 3.82. The quantitative estimate of drug-likeness (QED) is 0.721. The molecule has 2 rings (SSSR count). The van der Waals surface area contributed by atoms with E-state index in [9.17, 15) is 9.59 Å². The van der Waals surface area contributed by atoms with Crippen molar-refractivity contribution in [2.75, 3.05) is 5.32 Å². The standard InChI is InChI=1S/C20H25N3O2.ClH/c1-13(2)22-20(25)16-9-10-18(14(3)11-16)23-19(24)12-17(21)15-7-5-4-6-8-15;/h4-11,13,17H,12,21H2,1-3H3,(H,22,25)(H,23,24);1H. The van der Waals surface area contributed by atoms with E-state index in [4.69, 9.17) is 5.73 Å². The second-order valence-corrected chi connectivity index (χ2v) is 6.43. The summed E-state index contributed by atoms with van der Waals surface area (Å²) >= 11 is 0. The molecule has 4 N–H and O–H groups in total. The van der Waals surface area contributed by atoms with Gasteiger partial charge in [0.2, 0.25) is 5.91 Å². The number of carbonyl (C=O) groups is 2. The zero-order valence-electron chi connectivity index (χ0n) is 15.3. The summed E-state index contributed by atoms with van der Waals surface area (Å²) in [5, 5.41) is 5.72. The van der Waals surface area contributed by atoms with Crippen LogP contribution in [-0.2, 0) is 4.79 Å². The summed E-state index contributed by atoms with van der Waals surface area (Å²) in [6, 6.07) is 14.5. The minimum Gasteiger partial charge on any atom is -0.350 e. The van der Waals surface area contributed by atoms with Crippen LogP contribution in [0.25, 0.3) is 0 Å². The van der Waals surface area contributed by atoms with E-state index >= 15 is 0 Å². The summed E-state index contributed by atoms with van der Waals surface area (Å²) in [7, 11) is 0. The molecule has 26 heavy (non-hydrogen) atoms. The van der Waals surface area contributed by atoms with Crippen LogP contribution in [0, 0.1) is 6.92 Å². The Bertz CT molecular complexity index is 748. The predicted octanol–water partition coefficient (Wildman–Crippen LogP) is 3.58. The highest BCUT2D eigenvalue weighted by Gasteiger charge is 2.14. The third kappa shape index (κ3) is 6.17. The molecule has 0 saturated carbocycles. The first-order valence-corrected chi connectivity index (χ1v) is 8.38. The topological polar surface area (TPSA) is 84.2 Å². The number of halogens is 1. The number of rotatable bonds is 6. The molecule has 1 unspecified atom stereocenters. The minimum atomic E-state index is -0.349. The number of aryl methyl sites for hydroxylation is 1. The summed E-state index contributed by atoms with van der Waals surface area (Å²) in [6.07, 6.45) is 0.193. The number of carbonyl (C=O) groups excluding carboxylic acids is 2. The van der Waals surface area contributed by atoms with Crippen LogP contribution >= 0.6 is 12.4 Å². The van der Waals surface area contributed by atoms with Crippen LogP contribution in [0.1, 0.15) is 47.8 Å². The Morgan fingerprint density at radius 1 is 1.08 bits per heavy atom. The van der Waals surface area contributed by atoms with Crippen molar-refractivity contribution >= 4 is 29.9 Å². The van der Waals surface area contributed by atoms with Gasteiger partial charge in [0.25, 0.3) is 5.91 Å². The van der Waals surface area contributed by atoms with E-state index in [0.29, 0.717) is 11.3 Å². The summed E-state index contributed by atoms with van der Waals surface area (Å²) in [5.74, 6) is -0.277. The maximum Gasteiger partial charge on any atom is 0.251 e. The van der Waals surface area contributed by atoms with Gasteiger partial charge < -0.3 is 16.4 Å². The van der Waals surface area contributed by atoms with Crippen molar-refractivity contribution in [1.29, 1.82) is 0 Å². The van der Waals surface area contributed by atoms with E-state index in [2.05, 4.69) is 10.6 Å². The first kappa shape index (κ1) is 21.7. The van der Waals surface area contributed by atoms with E-state index in [1.165, 1.54) is 0 Å². The summed E-state index contributed by atoms with van der Waals surface area (Å²) < 4.78 is 0. The molecule has 0 aliphatic carbocycles. The molecule has 2 amide bonds. The average Bonchev–Trinajstić information content (AvgIpc) is 2.56. The van der Waals surface area contributed by atoms with Crippen molar-refractivity contribution in [3.05, 3.63) is 65.2 Å². The molecule has 0 aliphatic heterocycles. The Hall–Kier alpha value is -2.37. The number of hydrogen-bond acceptors (Lipinski definition) is 3. The zero-order chi connectivity index (χ0) is 18.4. The molecular weight excluding hydrogens is 350 g/mol. The van der Waals surface area contributed by atoms with Gasteiger partial charge in [-0.1, -0.05) is 30.3 Å². The lowest BCUT2D eigenvalue weighted by atomic mass is 10.0. The van der Waals surface area contributed by atoms with Gasteiger partial charge in [0, 0.05) is 29.8 Å². The second kappa shape index (κ2) is 9.94. The van der Waals surface area contributed by atoms with Gasteiger partial charge in [-0.05, 0) is 50.1 Å². The molecule has 0 heterocycles. The molecule has 2 aromatic rings. The monoisotopic (exact) mass is 375 g/mol. The van der Waals surface area contributed by atoms with E-state index in [0.717, 1.165) is 11.1 Å². The maximum atomic E-state index is 12.2. The number of nitrogens with one attached hydrogen (secondary N) is 2. The highest BCUT2D eigenvalue weighted by atomic mass is 35.5. The molecular formula is C20H26ClN3O2. The first-order valence-electron chi connectivity index (χ1n) is 8.38. The fourth-order valence-electron chi connectivity index (χ4n) is 2.51. The van der Waals surface area contributed by atoms with E-state index < -0.39 is 0 Å². The van der Waals surface area contributed by atoms with Gasteiger partial charge >= 0.3 is 0 Å². The molecule has 2 aromatic carbocycles. The van der Waals surface area contributed by atoms with Gasteiger partial charge in [-0.25, -0.2) is 0 Å². The number of hydrogen-bond donors (Lipinski definition) is 3. The Morgan fingerprint density at radius 3 is 2.31 bits per heavy atom. The smallest absolute Gasteiger partial charge is 0.251 e. The number of anilines is 1. The van der Waals surface area contributed by atoms with E-state index in [-0.39, 0.29) is 42.7 Å². The lowest BCUT2D eigenvalue weighted by molar-refractivity contribution is -0.116. The van der Waals surface area contributed by atoms with Crippen LogP contribution < -0.4 is 16.4 Å². The van der Waals surface area contributed by atoms with E-state index in [1.54, 1.807) is 18.2 Å². The molecule has 0 saturated heterocycles. The number of benzene rings is 2. The Kier molecular flexibility index (Phi) is 8.29. The van der Waals surface area contributed by atoms with Gasteiger partial charge in [0.1, 0.15) is 0 Å². The Balaban J connectivity index is 0.00000338.